The maximum absolute atomic E-state index is 9.02. The fraction of sp³-hybridized carbons (Fsp3) is 0.429. The second kappa shape index (κ2) is 5.89. The van der Waals surface area contributed by atoms with Crippen LogP contribution in [0.25, 0.3) is 0 Å². The smallest absolute Gasteiger partial charge is 0.182 e. The molecule has 0 amide bonds. The van der Waals surface area contributed by atoms with E-state index in [1.165, 1.54) is 6.20 Å². The lowest BCUT2D eigenvalue weighted by Crippen LogP contribution is -2.21. The summed E-state index contributed by atoms with van der Waals surface area (Å²) in [6.45, 7) is 1.39. The first-order valence-electron chi connectivity index (χ1n) is 6.83. The average molecular weight is 284 g/mol. The van der Waals surface area contributed by atoms with Crippen LogP contribution in [0.1, 0.15) is 24.0 Å². The van der Waals surface area contributed by atoms with Gasteiger partial charge in [-0.15, -0.1) is 0 Å². The van der Waals surface area contributed by atoms with Crippen molar-refractivity contribution in [3.05, 3.63) is 36.3 Å². The van der Waals surface area contributed by atoms with E-state index >= 15 is 0 Å². The van der Waals surface area contributed by atoms with Crippen LogP contribution in [0.3, 0.4) is 0 Å². The van der Waals surface area contributed by atoms with Crippen molar-refractivity contribution in [2.45, 2.75) is 12.5 Å². The number of aromatic nitrogens is 4. The summed E-state index contributed by atoms with van der Waals surface area (Å²) >= 11 is 0. The molecule has 0 bridgehead atoms. The van der Waals surface area contributed by atoms with Crippen LogP contribution in [-0.2, 0) is 11.8 Å². The third-order valence-electron chi connectivity index (χ3n) is 3.66. The number of anilines is 1. The summed E-state index contributed by atoms with van der Waals surface area (Å²) in [4.78, 5) is 12.5. The Morgan fingerprint density at radius 3 is 3.00 bits per heavy atom. The van der Waals surface area contributed by atoms with Gasteiger partial charge in [0, 0.05) is 50.9 Å². The molecule has 0 aliphatic carbocycles. The first kappa shape index (κ1) is 13.5. The molecular weight excluding hydrogens is 268 g/mol. The highest BCUT2D eigenvalue weighted by atomic mass is 16.5. The zero-order valence-electron chi connectivity index (χ0n) is 11.7. The Labute approximate surface area is 122 Å². The van der Waals surface area contributed by atoms with Crippen LogP contribution in [-0.4, -0.2) is 32.7 Å². The normalized spacial score (nSPS) is 21.1. The summed E-state index contributed by atoms with van der Waals surface area (Å²) < 4.78 is 7.79. The number of aryl methyl sites for hydroxylation is 1. The van der Waals surface area contributed by atoms with Crippen molar-refractivity contribution in [1.29, 1.82) is 5.26 Å². The number of nitrogens with zero attached hydrogens (tertiary/aromatic N) is 5. The van der Waals surface area contributed by atoms with Gasteiger partial charge in [0.1, 0.15) is 18.0 Å². The number of hydrogen-bond donors (Lipinski definition) is 1. The fourth-order valence-corrected chi connectivity index (χ4v) is 2.56. The van der Waals surface area contributed by atoms with Crippen LogP contribution < -0.4 is 5.32 Å². The molecule has 1 aliphatic heterocycles. The summed E-state index contributed by atoms with van der Waals surface area (Å²) in [5, 5.41) is 12.2. The lowest BCUT2D eigenvalue weighted by molar-refractivity contribution is 0.0839. The van der Waals surface area contributed by atoms with Gasteiger partial charge in [-0.25, -0.2) is 15.0 Å². The summed E-state index contributed by atoms with van der Waals surface area (Å²) in [6.07, 6.45) is 7.70. The van der Waals surface area contributed by atoms with E-state index in [1.54, 1.807) is 12.4 Å². The summed E-state index contributed by atoms with van der Waals surface area (Å²) in [6, 6.07) is 2.04. The first-order valence-corrected chi connectivity index (χ1v) is 6.83. The Hall–Kier alpha value is -2.46. The number of nitriles is 1. The van der Waals surface area contributed by atoms with Crippen molar-refractivity contribution in [2.75, 3.05) is 18.5 Å². The molecule has 1 fully saturated rings. The predicted molar refractivity (Wildman–Crippen MR) is 75.2 cm³/mol. The topological polar surface area (TPSA) is 88.7 Å². The third kappa shape index (κ3) is 2.71. The van der Waals surface area contributed by atoms with E-state index in [4.69, 9.17) is 10.00 Å². The van der Waals surface area contributed by atoms with E-state index in [0.717, 1.165) is 18.9 Å². The molecule has 0 spiro atoms. The zero-order chi connectivity index (χ0) is 14.7. The Balaban J connectivity index is 1.70. The molecule has 0 saturated carbocycles. The van der Waals surface area contributed by atoms with E-state index in [-0.39, 0.29) is 6.10 Å². The molecule has 1 aliphatic rings. The van der Waals surface area contributed by atoms with Crippen molar-refractivity contribution in [3.8, 4) is 6.07 Å². The molecule has 3 rings (SSSR count). The Morgan fingerprint density at radius 2 is 2.24 bits per heavy atom. The van der Waals surface area contributed by atoms with Crippen LogP contribution in [0.4, 0.5) is 5.82 Å². The van der Waals surface area contributed by atoms with E-state index in [9.17, 15) is 0 Å². The monoisotopic (exact) mass is 284 g/mol. The Bertz CT molecular complexity index is 661. The lowest BCUT2D eigenvalue weighted by atomic mass is 10.0. The second-order valence-electron chi connectivity index (χ2n) is 4.98. The minimum atomic E-state index is -0.0280. The van der Waals surface area contributed by atoms with Crippen molar-refractivity contribution in [3.63, 3.8) is 0 Å². The van der Waals surface area contributed by atoms with Crippen LogP contribution in [0.2, 0.25) is 0 Å². The van der Waals surface area contributed by atoms with Crippen molar-refractivity contribution in [2.24, 2.45) is 13.0 Å². The van der Waals surface area contributed by atoms with Gasteiger partial charge in [-0.05, 0) is 6.42 Å². The van der Waals surface area contributed by atoms with E-state index in [0.29, 0.717) is 24.0 Å². The average Bonchev–Trinajstić information content (AvgIpc) is 3.13. The van der Waals surface area contributed by atoms with Gasteiger partial charge in [-0.1, -0.05) is 0 Å². The molecule has 0 unspecified atom stereocenters. The highest BCUT2D eigenvalue weighted by molar-refractivity contribution is 5.46. The number of imidazole rings is 1. The van der Waals surface area contributed by atoms with Gasteiger partial charge in [0.05, 0.1) is 0 Å². The van der Waals surface area contributed by atoms with Gasteiger partial charge < -0.3 is 14.6 Å². The molecule has 2 atom stereocenters. The molecule has 21 heavy (non-hydrogen) atoms. The van der Waals surface area contributed by atoms with Crippen LogP contribution in [0.5, 0.6) is 0 Å². The van der Waals surface area contributed by atoms with Crippen LogP contribution >= 0.6 is 0 Å². The molecule has 7 heteroatoms. The van der Waals surface area contributed by atoms with Gasteiger partial charge in [-0.3, -0.25) is 0 Å². The van der Waals surface area contributed by atoms with Crippen molar-refractivity contribution >= 4 is 5.82 Å². The second-order valence-corrected chi connectivity index (χ2v) is 4.98. The molecule has 0 radical (unpaired) electrons. The molecule has 108 valence electrons. The highest BCUT2D eigenvalue weighted by Gasteiger charge is 2.32. The van der Waals surface area contributed by atoms with Crippen LogP contribution in [0.15, 0.2) is 24.8 Å². The van der Waals surface area contributed by atoms with E-state index in [2.05, 4.69) is 20.3 Å². The zero-order valence-corrected chi connectivity index (χ0v) is 11.7. The Kier molecular flexibility index (Phi) is 3.79. The van der Waals surface area contributed by atoms with Crippen LogP contribution in [0, 0.1) is 17.2 Å². The quantitative estimate of drug-likeness (QED) is 0.909. The number of ether oxygens (including phenoxy) is 1. The SMILES string of the molecule is Cn1ccnc1[C@@H]1OCC[C@H]1CNc1nccnc1C#N. The highest BCUT2D eigenvalue weighted by Crippen LogP contribution is 2.33. The van der Waals surface area contributed by atoms with Crippen molar-refractivity contribution in [1.82, 2.24) is 19.5 Å². The minimum Gasteiger partial charge on any atom is -0.370 e. The van der Waals surface area contributed by atoms with Gasteiger partial charge in [0.15, 0.2) is 11.5 Å². The predicted octanol–water partition coefficient (Wildman–Crippen LogP) is 1.27. The fourth-order valence-electron chi connectivity index (χ4n) is 2.56. The van der Waals surface area contributed by atoms with Gasteiger partial charge >= 0.3 is 0 Å². The first-order chi connectivity index (χ1) is 10.3. The number of hydrogen-bond acceptors (Lipinski definition) is 6. The standard InChI is InChI=1S/C14H16N6O/c1-20-6-5-18-14(20)12-10(2-7-21-12)9-19-13-11(8-15)16-3-4-17-13/h3-6,10,12H,2,7,9H2,1H3,(H,17,19)/t10-,12+/m0/s1. The molecule has 1 saturated heterocycles. The molecule has 2 aromatic rings. The number of nitrogens with one attached hydrogen (secondary N) is 1. The summed E-state index contributed by atoms with van der Waals surface area (Å²) in [5.41, 5.74) is 0.310. The maximum Gasteiger partial charge on any atom is 0.182 e. The van der Waals surface area contributed by atoms with Gasteiger partial charge in [-0.2, -0.15) is 5.26 Å². The molecule has 3 heterocycles. The molecule has 1 N–H and O–H groups in total. The summed E-state index contributed by atoms with van der Waals surface area (Å²) in [5.74, 6) is 1.74. The Morgan fingerprint density at radius 1 is 1.38 bits per heavy atom. The minimum absolute atomic E-state index is 0.0280. The maximum atomic E-state index is 9.02. The molecular formula is C14H16N6O. The molecule has 7 nitrogen and oxygen atoms in total. The van der Waals surface area contributed by atoms with Crippen molar-refractivity contribution < 1.29 is 4.74 Å². The van der Waals surface area contributed by atoms with Gasteiger partial charge in [0.25, 0.3) is 0 Å². The summed E-state index contributed by atoms with van der Waals surface area (Å²) in [7, 11) is 1.96. The number of rotatable bonds is 4. The molecule has 0 aromatic carbocycles. The third-order valence-corrected chi connectivity index (χ3v) is 3.66. The van der Waals surface area contributed by atoms with E-state index in [1.807, 2.05) is 23.9 Å². The van der Waals surface area contributed by atoms with E-state index < -0.39 is 0 Å². The lowest BCUT2D eigenvalue weighted by Gasteiger charge is -2.19. The molecule has 2 aromatic heterocycles. The largest absolute Gasteiger partial charge is 0.370 e. The van der Waals surface area contributed by atoms with Gasteiger partial charge in [0.2, 0.25) is 0 Å².